The number of aromatic nitrogens is 1. The average Bonchev–Trinajstić information content (AvgIpc) is 2.77. The van der Waals surface area contributed by atoms with Crippen molar-refractivity contribution in [2.45, 2.75) is 26.4 Å². The van der Waals surface area contributed by atoms with Gasteiger partial charge in [0.1, 0.15) is 11.3 Å². The van der Waals surface area contributed by atoms with Crippen LogP contribution in [0.15, 0.2) is 35.1 Å². The first-order valence-corrected chi connectivity index (χ1v) is 12.3. The number of nitrogens with one attached hydrogen (secondary N) is 1. The maximum absolute atomic E-state index is 13.9. The Bertz CT molecular complexity index is 1260. The molecule has 0 fully saturated rings. The number of nitrogens with zero attached hydrogens (tertiary/aromatic N) is 3. The first-order valence-electron chi connectivity index (χ1n) is 10.5. The zero-order valence-electron chi connectivity index (χ0n) is 19.0. The van der Waals surface area contributed by atoms with Crippen molar-refractivity contribution in [2.24, 2.45) is 0 Å². The summed E-state index contributed by atoms with van der Waals surface area (Å²) in [6.07, 6.45) is -2.09. The monoisotopic (exact) mass is 496 g/mol. The van der Waals surface area contributed by atoms with Crippen LogP contribution in [0.3, 0.4) is 0 Å². The van der Waals surface area contributed by atoms with E-state index in [4.69, 9.17) is 0 Å². The minimum Gasteiger partial charge on any atom is -0.348 e. The van der Waals surface area contributed by atoms with E-state index in [1.54, 1.807) is 12.1 Å². The van der Waals surface area contributed by atoms with Gasteiger partial charge in [0, 0.05) is 45.3 Å². The molecule has 184 valence electrons. The first kappa shape index (κ1) is 25.5. The van der Waals surface area contributed by atoms with Crippen molar-refractivity contribution in [1.29, 1.82) is 0 Å². The molecule has 1 N–H and O–H groups in total. The molecule has 1 aliphatic rings. The third-order valence-electron chi connectivity index (χ3n) is 5.71. The van der Waals surface area contributed by atoms with Gasteiger partial charge in [0.15, 0.2) is 0 Å². The Kier molecular flexibility index (Phi) is 7.51. The van der Waals surface area contributed by atoms with E-state index in [-0.39, 0.29) is 32.7 Å². The second-order valence-corrected chi connectivity index (χ2v) is 10.3. The van der Waals surface area contributed by atoms with Crippen molar-refractivity contribution in [2.75, 3.05) is 32.9 Å². The van der Waals surface area contributed by atoms with Crippen LogP contribution in [0.4, 0.5) is 8.78 Å². The van der Waals surface area contributed by atoms with Crippen LogP contribution in [-0.2, 0) is 23.1 Å². The number of pyridine rings is 1. The standard InChI is InChI=1S/C22H26F2N4O5S/c1-14-4-6-15(7-5-14)13-25-20(29)17-12-16(19(23)24)18-22(31)27(10-11-28(18)21(17)30)9-8-26(2)34(3,32)33/h4-7,12,19H,8-11,13H2,1-3H3,(H,25,29). The van der Waals surface area contributed by atoms with Gasteiger partial charge >= 0.3 is 0 Å². The van der Waals surface area contributed by atoms with Crippen molar-refractivity contribution in [1.82, 2.24) is 19.1 Å². The smallest absolute Gasteiger partial charge is 0.271 e. The van der Waals surface area contributed by atoms with Crippen LogP contribution in [0.5, 0.6) is 0 Å². The number of fused-ring (bicyclic) bond motifs is 1. The Morgan fingerprint density at radius 2 is 1.82 bits per heavy atom. The summed E-state index contributed by atoms with van der Waals surface area (Å²) in [7, 11) is -2.14. The summed E-state index contributed by atoms with van der Waals surface area (Å²) >= 11 is 0. The molecule has 3 rings (SSSR count). The average molecular weight is 497 g/mol. The molecule has 34 heavy (non-hydrogen) atoms. The minimum atomic E-state index is -3.48. The zero-order valence-corrected chi connectivity index (χ0v) is 19.9. The minimum absolute atomic E-state index is 0.0143. The van der Waals surface area contributed by atoms with Gasteiger partial charge in [-0.2, -0.15) is 0 Å². The number of carbonyl (C=O) groups excluding carboxylic acids is 2. The van der Waals surface area contributed by atoms with Crippen molar-refractivity contribution in [3.8, 4) is 0 Å². The highest BCUT2D eigenvalue weighted by Crippen LogP contribution is 2.26. The lowest BCUT2D eigenvalue weighted by Crippen LogP contribution is -2.49. The van der Waals surface area contributed by atoms with Crippen molar-refractivity contribution in [3.63, 3.8) is 0 Å². The second kappa shape index (κ2) is 10.0. The van der Waals surface area contributed by atoms with Gasteiger partial charge in [-0.1, -0.05) is 29.8 Å². The van der Waals surface area contributed by atoms with E-state index in [9.17, 15) is 31.6 Å². The molecule has 1 aromatic carbocycles. The molecule has 2 heterocycles. The topological polar surface area (TPSA) is 109 Å². The molecule has 9 nitrogen and oxygen atoms in total. The first-order chi connectivity index (χ1) is 15.9. The Morgan fingerprint density at radius 1 is 1.18 bits per heavy atom. The van der Waals surface area contributed by atoms with Gasteiger partial charge < -0.3 is 14.8 Å². The number of aryl methyl sites for hydroxylation is 1. The van der Waals surface area contributed by atoms with E-state index in [1.165, 1.54) is 11.9 Å². The highest BCUT2D eigenvalue weighted by atomic mass is 32.2. The zero-order chi connectivity index (χ0) is 25.2. The Labute approximate surface area is 196 Å². The maximum Gasteiger partial charge on any atom is 0.271 e. The number of amides is 2. The predicted octanol–water partition coefficient (Wildman–Crippen LogP) is 1.37. The van der Waals surface area contributed by atoms with Crippen molar-refractivity contribution in [3.05, 3.63) is 68.6 Å². The maximum atomic E-state index is 13.9. The molecule has 0 saturated heterocycles. The Morgan fingerprint density at radius 3 is 2.41 bits per heavy atom. The summed E-state index contributed by atoms with van der Waals surface area (Å²) in [5, 5.41) is 2.56. The van der Waals surface area contributed by atoms with Crippen LogP contribution in [0.25, 0.3) is 0 Å². The number of carbonyl (C=O) groups is 2. The number of sulfonamides is 1. The third kappa shape index (κ3) is 5.50. The number of hydrogen-bond acceptors (Lipinski definition) is 5. The molecule has 0 saturated carbocycles. The summed E-state index contributed by atoms with van der Waals surface area (Å²) in [6.45, 7) is 1.87. The van der Waals surface area contributed by atoms with E-state index in [0.29, 0.717) is 0 Å². The van der Waals surface area contributed by atoms with Crippen LogP contribution in [-0.4, -0.2) is 66.9 Å². The third-order valence-corrected chi connectivity index (χ3v) is 7.02. The summed E-state index contributed by atoms with van der Waals surface area (Å²) in [5.41, 5.74) is -0.692. The molecule has 12 heteroatoms. The number of alkyl halides is 2. The quantitative estimate of drug-likeness (QED) is 0.594. The fourth-order valence-electron chi connectivity index (χ4n) is 3.57. The second-order valence-electron chi connectivity index (χ2n) is 8.16. The molecular weight excluding hydrogens is 470 g/mol. The summed E-state index contributed by atoms with van der Waals surface area (Å²) in [4.78, 5) is 39.8. The Hall–Kier alpha value is -3.12. The highest BCUT2D eigenvalue weighted by Gasteiger charge is 2.33. The SMILES string of the molecule is Cc1ccc(CNC(=O)c2cc(C(F)F)c3n(c2=O)CCN(CCN(C)S(C)(=O)=O)C3=O)cc1. The lowest BCUT2D eigenvalue weighted by atomic mass is 10.1. The van der Waals surface area contributed by atoms with Gasteiger partial charge in [-0.15, -0.1) is 0 Å². The predicted molar refractivity (Wildman–Crippen MR) is 121 cm³/mol. The number of likely N-dealkylation sites (N-methyl/N-ethyl adjacent to an activating group) is 1. The van der Waals surface area contributed by atoms with Gasteiger partial charge in [0.2, 0.25) is 10.0 Å². The van der Waals surface area contributed by atoms with Gasteiger partial charge in [-0.05, 0) is 18.6 Å². The van der Waals surface area contributed by atoms with Crippen LogP contribution in [0.2, 0.25) is 0 Å². The molecular formula is C22H26F2N4O5S. The van der Waals surface area contributed by atoms with Crippen molar-refractivity contribution < 1.29 is 26.8 Å². The van der Waals surface area contributed by atoms with Crippen molar-refractivity contribution >= 4 is 21.8 Å². The lowest BCUT2D eigenvalue weighted by Gasteiger charge is -2.32. The molecule has 1 aromatic heterocycles. The van der Waals surface area contributed by atoms with Crippen LogP contribution < -0.4 is 10.9 Å². The normalized spacial score (nSPS) is 14.0. The van der Waals surface area contributed by atoms with Gasteiger partial charge in [0.05, 0.1) is 6.26 Å². The molecule has 2 aromatic rings. The van der Waals surface area contributed by atoms with E-state index >= 15 is 0 Å². The van der Waals surface area contributed by atoms with Crippen LogP contribution in [0, 0.1) is 6.92 Å². The molecule has 0 aliphatic carbocycles. The van der Waals surface area contributed by atoms with E-state index in [1.807, 2.05) is 19.1 Å². The largest absolute Gasteiger partial charge is 0.348 e. The number of benzene rings is 1. The number of hydrogen-bond donors (Lipinski definition) is 1. The highest BCUT2D eigenvalue weighted by molar-refractivity contribution is 7.88. The van der Waals surface area contributed by atoms with E-state index < -0.39 is 50.6 Å². The lowest BCUT2D eigenvalue weighted by molar-refractivity contribution is 0.0675. The number of halogens is 2. The summed E-state index contributed by atoms with van der Waals surface area (Å²) < 4.78 is 52.9. The summed E-state index contributed by atoms with van der Waals surface area (Å²) in [6, 6.07) is 8.08. The number of rotatable bonds is 8. The van der Waals surface area contributed by atoms with Gasteiger partial charge in [0.25, 0.3) is 23.8 Å². The van der Waals surface area contributed by atoms with E-state index in [2.05, 4.69) is 5.32 Å². The van der Waals surface area contributed by atoms with E-state index in [0.717, 1.165) is 32.3 Å². The molecule has 1 aliphatic heterocycles. The molecule has 0 spiro atoms. The van der Waals surface area contributed by atoms with Gasteiger partial charge in [-0.3, -0.25) is 14.4 Å². The van der Waals surface area contributed by atoms with Crippen LogP contribution in [0.1, 0.15) is 44.0 Å². The van der Waals surface area contributed by atoms with Gasteiger partial charge in [-0.25, -0.2) is 21.5 Å². The Balaban J connectivity index is 1.86. The fraction of sp³-hybridized carbons (Fsp3) is 0.409. The molecule has 0 radical (unpaired) electrons. The fourth-order valence-corrected chi connectivity index (χ4v) is 3.98. The summed E-state index contributed by atoms with van der Waals surface area (Å²) in [5.74, 6) is -1.63. The molecule has 0 bridgehead atoms. The molecule has 2 amide bonds. The molecule has 0 atom stereocenters. The molecule has 0 unspecified atom stereocenters. The van der Waals surface area contributed by atoms with Crippen LogP contribution >= 0.6 is 0 Å².